The first-order valence-corrected chi connectivity index (χ1v) is 0.651. The van der Waals surface area contributed by atoms with Gasteiger partial charge in [-0.15, -0.1) is 0 Å². The van der Waals surface area contributed by atoms with Gasteiger partial charge in [0.1, 0.15) is 0 Å². The Labute approximate surface area is 95.3 Å². The van der Waals surface area contributed by atoms with Gasteiger partial charge in [0.2, 0.25) is 0 Å². The predicted molar refractivity (Wildman–Crippen MR) is 32.3 cm³/mol. The molecule has 0 radical (unpaired) electrons. The molecule has 0 spiro atoms. The maximum atomic E-state index is 8.56. The number of carbonyl (C=O) groups is 1. The van der Waals surface area contributed by atoms with Gasteiger partial charge >= 0.3 is 6.16 Å². The largest absolute Gasteiger partial charge is 0.503 e. The number of hydrogen-bond acceptors (Lipinski definition) is 1. The van der Waals surface area contributed by atoms with Crippen LogP contribution in [0.5, 0.6) is 0 Å². The second-order valence-corrected chi connectivity index (χ2v) is 0.283. The summed E-state index contributed by atoms with van der Waals surface area (Å²) in [7, 11) is 0. The average Bonchev–Trinajstić information content (AvgIpc) is 0.811. The maximum Gasteiger partial charge on any atom is 0.503 e. The van der Waals surface area contributed by atoms with Crippen molar-refractivity contribution in [3.05, 3.63) is 0 Å². The van der Waals surface area contributed by atoms with Crippen molar-refractivity contribution in [2.45, 2.75) is 0 Å². The van der Waals surface area contributed by atoms with Crippen LogP contribution in [0.3, 0.4) is 0 Å². The van der Waals surface area contributed by atoms with E-state index in [1.54, 1.807) is 0 Å². The van der Waals surface area contributed by atoms with Gasteiger partial charge in [0.25, 0.3) is 0 Å². The Kier molecular flexibility index (Phi) is 768. The quantitative estimate of drug-likeness (QED) is 0.447. The van der Waals surface area contributed by atoms with Crippen LogP contribution in [-0.2, 0) is 0 Å². The van der Waals surface area contributed by atoms with Crippen LogP contribution in [0, 0.1) is 41.7 Å². The van der Waals surface area contributed by atoms with Crippen LogP contribution in [0.2, 0.25) is 0 Å². The third-order valence-electron chi connectivity index (χ3n) is 0. The van der Waals surface area contributed by atoms with Gasteiger partial charge in [0, 0.05) is 41.7 Å². The van der Waals surface area contributed by atoms with Crippen molar-refractivity contribution in [2.24, 2.45) is 0 Å². The summed E-state index contributed by atoms with van der Waals surface area (Å²) >= 11 is 0. The molecule has 0 fully saturated rings. The van der Waals surface area contributed by atoms with Crippen molar-refractivity contribution >= 4 is 6.16 Å². The van der Waals surface area contributed by atoms with E-state index >= 15 is 0 Å². The van der Waals surface area contributed by atoms with E-state index in [9.17, 15) is 0 Å². The molecule has 0 aliphatic rings. The van der Waals surface area contributed by atoms with Gasteiger partial charge in [-0.25, -0.2) is 4.79 Å². The Bertz CT molecular complexity index is 32.5. The fourth-order valence-electron chi connectivity index (χ4n) is 0. The summed E-state index contributed by atoms with van der Waals surface area (Å²) in [4.78, 5) is 8.56. The first kappa shape index (κ1) is 106. The summed E-state index contributed by atoms with van der Waals surface area (Å²) in [6, 6.07) is 0. The molecule has 0 saturated heterocycles. The normalized spacial score (nSPS) is 2.18. The molecule has 0 atom stereocenters. The van der Waals surface area contributed by atoms with E-state index in [0.29, 0.717) is 0 Å². The van der Waals surface area contributed by atoms with Gasteiger partial charge in [0.05, 0.1) is 0 Å². The SMILES string of the molecule is O.O.O.O.O.O.O=C(O)O.[Ce]. The van der Waals surface area contributed by atoms with Gasteiger partial charge in [-0.2, -0.15) is 0 Å². The molecule has 0 saturated carbocycles. The van der Waals surface area contributed by atoms with Crippen LogP contribution in [0.4, 0.5) is 4.79 Å². The van der Waals surface area contributed by atoms with Crippen molar-refractivity contribution in [3.8, 4) is 0 Å². The minimum Gasteiger partial charge on any atom is -0.450 e. The van der Waals surface area contributed by atoms with Crippen molar-refractivity contribution in [2.75, 3.05) is 0 Å². The summed E-state index contributed by atoms with van der Waals surface area (Å²) < 4.78 is 0. The molecular weight excluding hydrogens is 296 g/mol. The third-order valence-corrected chi connectivity index (χ3v) is 0. The Balaban J connectivity index is -0.00000000214. The van der Waals surface area contributed by atoms with E-state index in [4.69, 9.17) is 15.0 Å². The van der Waals surface area contributed by atoms with E-state index in [1.807, 2.05) is 0 Å². The molecule has 0 rings (SSSR count). The van der Waals surface area contributed by atoms with Crippen LogP contribution >= 0.6 is 0 Å². The van der Waals surface area contributed by atoms with E-state index in [-0.39, 0.29) is 74.6 Å². The van der Waals surface area contributed by atoms with Crippen LogP contribution in [0.1, 0.15) is 0 Å². The zero-order valence-electron chi connectivity index (χ0n) is 5.30. The van der Waals surface area contributed by atoms with Gasteiger partial charge < -0.3 is 43.1 Å². The molecule has 0 bridgehead atoms. The summed E-state index contributed by atoms with van der Waals surface area (Å²) in [6.07, 6.45) is -1.83. The molecule has 0 aromatic carbocycles. The third kappa shape index (κ3) is 4450. The molecule has 0 unspecified atom stereocenters. The van der Waals surface area contributed by atoms with Crippen molar-refractivity contribution in [3.63, 3.8) is 0 Å². The van der Waals surface area contributed by atoms with Gasteiger partial charge in [-0.1, -0.05) is 0 Å². The molecule has 11 heavy (non-hydrogen) atoms. The topological polar surface area (TPSA) is 247 Å². The summed E-state index contributed by atoms with van der Waals surface area (Å²) in [6.45, 7) is 0. The fourth-order valence-corrected chi connectivity index (χ4v) is 0. The number of hydrogen-bond donors (Lipinski definition) is 2. The summed E-state index contributed by atoms with van der Waals surface area (Å²) in [5, 5.41) is 13.9. The first-order chi connectivity index (χ1) is 1.73. The molecule has 10 heteroatoms. The second kappa shape index (κ2) is 79.3. The number of rotatable bonds is 0. The van der Waals surface area contributed by atoms with Crippen molar-refractivity contribution in [1.29, 1.82) is 0 Å². The Morgan fingerprint density at radius 2 is 0.727 bits per heavy atom. The summed E-state index contributed by atoms with van der Waals surface area (Å²) in [5.41, 5.74) is 0. The van der Waals surface area contributed by atoms with E-state index in [1.165, 1.54) is 0 Å². The van der Waals surface area contributed by atoms with Crippen LogP contribution in [0.15, 0.2) is 0 Å². The van der Waals surface area contributed by atoms with Gasteiger partial charge in [-0.05, 0) is 0 Å². The predicted octanol–water partition coefficient (Wildman–Crippen LogP) is -4.73. The Morgan fingerprint density at radius 3 is 0.727 bits per heavy atom. The maximum absolute atomic E-state index is 8.56. The minimum absolute atomic E-state index is 0. The van der Waals surface area contributed by atoms with Crippen LogP contribution < -0.4 is 0 Å². The zero-order valence-corrected chi connectivity index (χ0v) is 8.44. The average molecular weight is 310 g/mol. The molecule has 9 nitrogen and oxygen atoms in total. The smallest absolute Gasteiger partial charge is 0.450 e. The van der Waals surface area contributed by atoms with Crippen molar-refractivity contribution < 1.29 is 89.6 Å². The first-order valence-electron chi connectivity index (χ1n) is 0.651. The standard InChI is InChI=1S/CH2O3.Ce.6H2O/c2-1(3)4;;;;;;;/h(H2,2,3,4);;6*1H2. The van der Waals surface area contributed by atoms with E-state index in [0.717, 1.165) is 0 Å². The van der Waals surface area contributed by atoms with Gasteiger partial charge in [-0.3, -0.25) is 0 Å². The molecular formula is CH14CeO9. The minimum atomic E-state index is -1.83. The monoisotopic (exact) mass is 310 g/mol. The van der Waals surface area contributed by atoms with Crippen LogP contribution in [-0.4, -0.2) is 49.2 Å². The zero-order chi connectivity index (χ0) is 3.58. The van der Waals surface area contributed by atoms with E-state index < -0.39 is 6.16 Å². The second-order valence-electron chi connectivity index (χ2n) is 0.283. The van der Waals surface area contributed by atoms with Gasteiger partial charge in [0.15, 0.2) is 0 Å². The molecule has 0 amide bonds. The fraction of sp³-hybridized carbons (Fsp3) is 0. The summed E-state index contributed by atoms with van der Waals surface area (Å²) in [5.74, 6) is 0. The molecule has 0 aliphatic heterocycles. The molecule has 0 aromatic rings. The molecule has 0 aromatic heterocycles. The molecule has 14 N–H and O–H groups in total. The number of carboxylic acid groups (broad SMARTS) is 2. The van der Waals surface area contributed by atoms with Crippen LogP contribution in [0.25, 0.3) is 0 Å². The molecule has 76 valence electrons. The Hall–Kier alpha value is 0.407. The molecule has 0 heterocycles. The Morgan fingerprint density at radius 1 is 0.727 bits per heavy atom. The van der Waals surface area contributed by atoms with E-state index in [2.05, 4.69) is 0 Å². The molecule has 0 aliphatic carbocycles. The van der Waals surface area contributed by atoms with Crippen molar-refractivity contribution in [1.82, 2.24) is 0 Å².